The molecule has 0 N–H and O–H groups in total. The van der Waals surface area contributed by atoms with E-state index in [9.17, 15) is 4.79 Å². The zero-order valence-electron chi connectivity index (χ0n) is 13.4. The van der Waals surface area contributed by atoms with Gasteiger partial charge in [0.05, 0.1) is 18.8 Å². The molecule has 0 bridgehead atoms. The second kappa shape index (κ2) is 6.24. The van der Waals surface area contributed by atoms with Crippen molar-refractivity contribution in [1.29, 1.82) is 0 Å². The number of carbonyl (C=O) groups is 1. The van der Waals surface area contributed by atoms with Crippen molar-refractivity contribution in [1.82, 2.24) is 9.88 Å². The molecule has 124 valence electrons. The molecule has 1 spiro atoms. The van der Waals surface area contributed by atoms with Gasteiger partial charge in [0, 0.05) is 30.8 Å². The van der Waals surface area contributed by atoms with Crippen LogP contribution in [0.2, 0.25) is 0 Å². The minimum absolute atomic E-state index is 0.00771. The van der Waals surface area contributed by atoms with Crippen LogP contribution in [0.15, 0.2) is 54.7 Å². The number of pyridine rings is 1. The predicted molar refractivity (Wildman–Crippen MR) is 88.9 cm³/mol. The average molecular weight is 324 g/mol. The van der Waals surface area contributed by atoms with Crippen molar-refractivity contribution >= 4 is 5.91 Å². The Balaban J connectivity index is 1.39. The Labute approximate surface area is 141 Å². The van der Waals surface area contributed by atoms with E-state index in [1.165, 1.54) is 0 Å². The Morgan fingerprint density at radius 2 is 2.04 bits per heavy atom. The van der Waals surface area contributed by atoms with Gasteiger partial charge in [-0.15, -0.1) is 0 Å². The molecular weight excluding hydrogens is 304 g/mol. The van der Waals surface area contributed by atoms with Crippen LogP contribution in [0, 0.1) is 0 Å². The molecule has 4 rings (SSSR count). The molecule has 0 radical (unpaired) electrons. The van der Waals surface area contributed by atoms with Crippen molar-refractivity contribution in [3.8, 4) is 5.88 Å². The van der Waals surface area contributed by atoms with E-state index in [-0.39, 0.29) is 17.6 Å². The maximum atomic E-state index is 12.6. The first-order chi connectivity index (χ1) is 11.7. The molecule has 2 aliphatic heterocycles. The lowest BCUT2D eigenvalue weighted by molar-refractivity contribution is 0.00985. The van der Waals surface area contributed by atoms with Gasteiger partial charge in [0.2, 0.25) is 5.88 Å². The number of hydrogen-bond acceptors (Lipinski definition) is 4. The quantitative estimate of drug-likeness (QED) is 0.870. The van der Waals surface area contributed by atoms with Crippen LogP contribution in [0.25, 0.3) is 0 Å². The first-order valence-electron chi connectivity index (χ1n) is 8.30. The molecule has 5 nitrogen and oxygen atoms in total. The van der Waals surface area contributed by atoms with E-state index in [1.54, 1.807) is 6.20 Å². The van der Waals surface area contributed by atoms with Crippen molar-refractivity contribution in [2.45, 2.75) is 24.5 Å². The van der Waals surface area contributed by atoms with Gasteiger partial charge >= 0.3 is 0 Å². The minimum atomic E-state index is -0.274. The summed E-state index contributed by atoms with van der Waals surface area (Å²) in [5.41, 5.74) is 0.456. The third kappa shape index (κ3) is 2.99. The number of benzene rings is 1. The SMILES string of the molecule is O=C(c1ccccc1)N1CC[C@]2(C[C@H](Oc3ccccn3)CO2)C1. The predicted octanol–water partition coefficient (Wildman–Crippen LogP) is 2.53. The Morgan fingerprint density at radius 3 is 2.83 bits per heavy atom. The van der Waals surface area contributed by atoms with Gasteiger partial charge in [-0.25, -0.2) is 4.98 Å². The van der Waals surface area contributed by atoms with Gasteiger partial charge in [0.25, 0.3) is 5.91 Å². The maximum absolute atomic E-state index is 12.6. The van der Waals surface area contributed by atoms with E-state index in [0.717, 1.165) is 24.9 Å². The van der Waals surface area contributed by atoms with Gasteiger partial charge in [0.1, 0.15) is 6.10 Å². The molecule has 2 aromatic rings. The third-order valence-electron chi connectivity index (χ3n) is 4.72. The monoisotopic (exact) mass is 324 g/mol. The Kier molecular flexibility index (Phi) is 3.94. The highest BCUT2D eigenvalue weighted by Crippen LogP contribution is 2.36. The fourth-order valence-corrected chi connectivity index (χ4v) is 3.53. The zero-order valence-corrected chi connectivity index (χ0v) is 13.4. The van der Waals surface area contributed by atoms with Gasteiger partial charge in [-0.2, -0.15) is 0 Å². The number of aromatic nitrogens is 1. The van der Waals surface area contributed by atoms with Crippen LogP contribution in [0.1, 0.15) is 23.2 Å². The smallest absolute Gasteiger partial charge is 0.253 e. The summed E-state index contributed by atoms with van der Waals surface area (Å²) in [7, 11) is 0. The number of nitrogens with zero attached hydrogens (tertiary/aromatic N) is 2. The van der Waals surface area contributed by atoms with Crippen molar-refractivity contribution in [3.05, 3.63) is 60.3 Å². The number of ether oxygens (including phenoxy) is 2. The van der Waals surface area contributed by atoms with E-state index in [2.05, 4.69) is 4.98 Å². The van der Waals surface area contributed by atoms with Crippen LogP contribution in [-0.2, 0) is 4.74 Å². The molecule has 3 heterocycles. The third-order valence-corrected chi connectivity index (χ3v) is 4.72. The van der Waals surface area contributed by atoms with Gasteiger partial charge in [-0.1, -0.05) is 24.3 Å². The standard InChI is InChI=1S/C19H20N2O3/c22-18(15-6-2-1-3-7-15)21-11-9-19(14-21)12-16(13-23-19)24-17-8-4-5-10-20-17/h1-8,10,16H,9,11-14H2/t16-,19-/m0/s1. The molecule has 1 aromatic carbocycles. The zero-order chi connectivity index (χ0) is 16.4. The molecule has 2 atom stereocenters. The highest BCUT2D eigenvalue weighted by atomic mass is 16.6. The maximum Gasteiger partial charge on any atom is 0.253 e. The molecule has 1 aromatic heterocycles. The second-order valence-corrected chi connectivity index (χ2v) is 6.45. The lowest BCUT2D eigenvalue weighted by atomic mass is 9.98. The Hall–Kier alpha value is -2.40. The number of carbonyl (C=O) groups excluding carboxylic acids is 1. The normalized spacial score (nSPS) is 26.0. The molecule has 24 heavy (non-hydrogen) atoms. The van der Waals surface area contributed by atoms with Crippen LogP contribution in [0.5, 0.6) is 5.88 Å². The van der Waals surface area contributed by atoms with E-state index >= 15 is 0 Å². The molecular formula is C19H20N2O3. The molecule has 1 amide bonds. The Bertz CT molecular complexity index is 707. The molecule has 0 saturated carbocycles. The topological polar surface area (TPSA) is 51.7 Å². The fourth-order valence-electron chi connectivity index (χ4n) is 3.53. The lowest BCUT2D eigenvalue weighted by Crippen LogP contribution is -2.36. The van der Waals surface area contributed by atoms with Crippen LogP contribution in [0.4, 0.5) is 0 Å². The van der Waals surface area contributed by atoms with E-state index in [1.807, 2.05) is 53.4 Å². The molecule has 0 unspecified atom stereocenters. The van der Waals surface area contributed by atoms with Crippen molar-refractivity contribution in [2.24, 2.45) is 0 Å². The van der Waals surface area contributed by atoms with Crippen LogP contribution in [0.3, 0.4) is 0 Å². The van der Waals surface area contributed by atoms with E-state index in [4.69, 9.17) is 9.47 Å². The number of amides is 1. The summed E-state index contributed by atoms with van der Waals surface area (Å²) in [5.74, 6) is 0.698. The largest absolute Gasteiger partial charge is 0.472 e. The average Bonchev–Trinajstić information content (AvgIpc) is 3.23. The first kappa shape index (κ1) is 15.1. The number of rotatable bonds is 3. The van der Waals surface area contributed by atoms with E-state index < -0.39 is 0 Å². The minimum Gasteiger partial charge on any atom is -0.472 e. The molecule has 0 aliphatic carbocycles. The number of likely N-dealkylation sites (tertiary alicyclic amines) is 1. The molecule has 5 heteroatoms. The van der Waals surface area contributed by atoms with Gasteiger partial charge in [-0.05, 0) is 24.6 Å². The fraction of sp³-hybridized carbons (Fsp3) is 0.368. The first-order valence-corrected chi connectivity index (χ1v) is 8.30. The van der Waals surface area contributed by atoms with Crippen molar-refractivity contribution in [2.75, 3.05) is 19.7 Å². The van der Waals surface area contributed by atoms with Gasteiger partial charge in [0.15, 0.2) is 0 Å². The highest BCUT2D eigenvalue weighted by molar-refractivity contribution is 5.94. The Morgan fingerprint density at radius 1 is 1.21 bits per heavy atom. The molecule has 2 saturated heterocycles. The highest BCUT2D eigenvalue weighted by Gasteiger charge is 2.47. The van der Waals surface area contributed by atoms with Crippen LogP contribution < -0.4 is 4.74 Å². The molecule has 2 aliphatic rings. The molecule has 2 fully saturated rings. The summed E-state index contributed by atoms with van der Waals surface area (Å²) in [6, 6.07) is 15.0. The van der Waals surface area contributed by atoms with Crippen LogP contribution >= 0.6 is 0 Å². The van der Waals surface area contributed by atoms with Gasteiger partial charge < -0.3 is 14.4 Å². The second-order valence-electron chi connectivity index (χ2n) is 6.45. The van der Waals surface area contributed by atoms with Crippen molar-refractivity contribution in [3.63, 3.8) is 0 Å². The summed E-state index contributed by atoms with van der Waals surface area (Å²) in [6.07, 6.45) is 3.36. The number of hydrogen-bond donors (Lipinski definition) is 0. The summed E-state index contributed by atoms with van der Waals surface area (Å²) in [4.78, 5) is 18.7. The summed E-state index contributed by atoms with van der Waals surface area (Å²) in [5, 5.41) is 0. The summed E-state index contributed by atoms with van der Waals surface area (Å²) < 4.78 is 12.0. The lowest BCUT2D eigenvalue weighted by Gasteiger charge is -2.23. The van der Waals surface area contributed by atoms with Gasteiger partial charge in [-0.3, -0.25) is 4.79 Å². The van der Waals surface area contributed by atoms with Crippen molar-refractivity contribution < 1.29 is 14.3 Å². The summed E-state index contributed by atoms with van der Waals surface area (Å²) >= 11 is 0. The summed E-state index contributed by atoms with van der Waals surface area (Å²) in [6.45, 7) is 1.90. The van der Waals surface area contributed by atoms with E-state index in [0.29, 0.717) is 19.0 Å². The van der Waals surface area contributed by atoms with Crippen LogP contribution in [-0.4, -0.2) is 47.2 Å².